The van der Waals surface area contributed by atoms with Gasteiger partial charge in [0.05, 0.1) is 13.2 Å². The molecule has 33 heavy (non-hydrogen) atoms. The smallest absolute Gasteiger partial charge is 0.268 e. The predicted molar refractivity (Wildman–Crippen MR) is 129 cm³/mol. The standard InChI is InChI=1S/C25H46NO6P/c1-3-4-5-6-7-8-9-10-11-12-13-17-21-30-23-25(29-2)24-32-33(27,28)31-22-20-26-18-15-14-16-19-26/h14-16,18-19,25H,3-13,17,20-24H2,1-2H3. The molecule has 0 radical (unpaired) electrons. The summed E-state index contributed by atoms with van der Waals surface area (Å²) in [5, 5.41) is 0. The summed E-state index contributed by atoms with van der Waals surface area (Å²) in [4.78, 5) is 11.9. The first-order chi connectivity index (χ1) is 16.1. The second-order valence-electron chi connectivity index (χ2n) is 8.51. The highest BCUT2D eigenvalue weighted by Crippen LogP contribution is 2.38. The van der Waals surface area contributed by atoms with Crippen molar-refractivity contribution < 1.29 is 32.5 Å². The molecule has 0 saturated carbocycles. The Morgan fingerprint density at radius 1 is 0.788 bits per heavy atom. The van der Waals surface area contributed by atoms with Crippen molar-refractivity contribution in [3.63, 3.8) is 0 Å². The van der Waals surface area contributed by atoms with E-state index in [9.17, 15) is 9.46 Å². The molecule has 0 N–H and O–H groups in total. The second-order valence-corrected chi connectivity index (χ2v) is 9.92. The molecule has 1 aromatic rings. The maximum atomic E-state index is 11.9. The highest BCUT2D eigenvalue weighted by atomic mass is 31.2. The molecular weight excluding hydrogens is 441 g/mol. The van der Waals surface area contributed by atoms with Crippen molar-refractivity contribution in [2.75, 3.05) is 33.5 Å². The van der Waals surface area contributed by atoms with E-state index in [1.54, 1.807) is 0 Å². The van der Waals surface area contributed by atoms with E-state index in [4.69, 9.17) is 18.5 Å². The number of ether oxygens (including phenoxy) is 2. The monoisotopic (exact) mass is 487 g/mol. The third-order valence-corrected chi connectivity index (χ3v) is 6.54. The van der Waals surface area contributed by atoms with E-state index in [1.807, 2.05) is 35.2 Å². The number of hydrogen-bond donors (Lipinski definition) is 0. The van der Waals surface area contributed by atoms with Crippen LogP contribution in [0.3, 0.4) is 0 Å². The zero-order chi connectivity index (χ0) is 24.0. The van der Waals surface area contributed by atoms with Crippen LogP contribution in [0.1, 0.15) is 84.0 Å². The summed E-state index contributed by atoms with van der Waals surface area (Å²) in [5.74, 6) is 0. The van der Waals surface area contributed by atoms with Gasteiger partial charge in [0.2, 0.25) is 0 Å². The Bertz CT molecular complexity index is 604. The maximum Gasteiger partial charge on any atom is 0.268 e. The zero-order valence-corrected chi connectivity index (χ0v) is 21.7. The van der Waals surface area contributed by atoms with Crippen LogP contribution in [0.2, 0.25) is 0 Å². The Labute approximate surface area is 201 Å². The van der Waals surface area contributed by atoms with E-state index in [0.29, 0.717) is 19.8 Å². The Kier molecular flexibility index (Phi) is 18.8. The van der Waals surface area contributed by atoms with Crippen molar-refractivity contribution in [3.05, 3.63) is 30.6 Å². The van der Waals surface area contributed by atoms with Crippen molar-refractivity contribution in [2.24, 2.45) is 0 Å². The highest BCUT2D eigenvalue weighted by molar-refractivity contribution is 7.45. The number of phosphoric ester groups is 1. The predicted octanol–water partition coefficient (Wildman–Crippen LogP) is 5.21. The minimum Gasteiger partial charge on any atom is -0.756 e. The average molecular weight is 488 g/mol. The van der Waals surface area contributed by atoms with E-state index in [0.717, 1.165) is 12.8 Å². The lowest BCUT2D eigenvalue weighted by molar-refractivity contribution is -0.697. The fraction of sp³-hybridized carbons (Fsp3) is 0.800. The SMILES string of the molecule is CCCCCCCCCCCCCCOCC(COP(=O)([O-])OCC[n+]1ccccc1)OC. The molecule has 0 spiro atoms. The lowest BCUT2D eigenvalue weighted by atomic mass is 10.1. The molecule has 7 nitrogen and oxygen atoms in total. The molecule has 2 unspecified atom stereocenters. The van der Waals surface area contributed by atoms with Gasteiger partial charge in [-0.2, -0.15) is 0 Å². The topological polar surface area (TPSA) is 80.9 Å². The van der Waals surface area contributed by atoms with Crippen molar-refractivity contribution >= 4 is 7.82 Å². The normalized spacial score (nSPS) is 14.3. The molecule has 0 amide bonds. The van der Waals surface area contributed by atoms with Gasteiger partial charge in [-0.05, 0) is 6.42 Å². The van der Waals surface area contributed by atoms with E-state index < -0.39 is 13.9 Å². The van der Waals surface area contributed by atoms with Gasteiger partial charge in [-0.1, -0.05) is 83.6 Å². The molecule has 192 valence electrons. The number of aromatic nitrogens is 1. The van der Waals surface area contributed by atoms with Crippen LogP contribution in [0.15, 0.2) is 30.6 Å². The van der Waals surface area contributed by atoms with Gasteiger partial charge in [-0.3, -0.25) is 4.57 Å². The quantitative estimate of drug-likeness (QED) is 0.120. The van der Waals surface area contributed by atoms with Gasteiger partial charge in [-0.25, -0.2) is 4.57 Å². The Hall–Kier alpha value is -0.820. The minimum absolute atomic E-state index is 0.0164. The number of methoxy groups -OCH3 is 1. The lowest BCUT2D eigenvalue weighted by Crippen LogP contribution is -2.35. The number of hydrogen-bond acceptors (Lipinski definition) is 6. The first kappa shape index (κ1) is 30.2. The van der Waals surface area contributed by atoms with Gasteiger partial charge in [0.1, 0.15) is 12.7 Å². The number of phosphoric acid groups is 1. The van der Waals surface area contributed by atoms with Crippen molar-refractivity contribution in [1.29, 1.82) is 0 Å². The summed E-state index contributed by atoms with van der Waals surface area (Å²) in [6, 6.07) is 5.63. The van der Waals surface area contributed by atoms with Crippen LogP contribution in [0.4, 0.5) is 0 Å². The van der Waals surface area contributed by atoms with Gasteiger partial charge in [-0.15, -0.1) is 0 Å². The number of pyridine rings is 1. The van der Waals surface area contributed by atoms with Gasteiger partial charge in [0.25, 0.3) is 7.82 Å². The van der Waals surface area contributed by atoms with Crippen molar-refractivity contribution in [1.82, 2.24) is 0 Å². The third kappa shape index (κ3) is 18.2. The molecule has 0 saturated heterocycles. The van der Waals surface area contributed by atoms with E-state index in [-0.39, 0.29) is 13.2 Å². The fourth-order valence-electron chi connectivity index (χ4n) is 3.50. The Morgan fingerprint density at radius 2 is 1.36 bits per heavy atom. The Morgan fingerprint density at radius 3 is 1.94 bits per heavy atom. The molecule has 0 aliphatic carbocycles. The van der Waals surface area contributed by atoms with Crippen LogP contribution >= 0.6 is 7.82 Å². The van der Waals surface area contributed by atoms with Crippen molar-refractivity contribution in [2.45, 2.75) is 96.6 Å². The van der Waals surface area contributed by atoms with Gasteiger partial charge < -0.3 is 23.4 Å². The second kappa shape index (κ2) is 20.5. The van der Waals surface area contributed by atoms with E-state index >= 15 is 0 Å². The molecular formula is C25H46NO6P. The summed E-state index contributed by atoms with van der Waals surface area (Å²) in [7, 11) is -2.85. The van der Waals surface area contributed by atoms with Gasteiger partial charge in [0, 0.05) is 25.8 Å². The minimum atomic E-state index is -4.37. The fourth-order valence-corrected chi connectivity index (χ4v) is 4.23. The van der Waals surface area contributed by atoms with Gasteiger partial charge in [0.15, 0.2) is 18.9 Å². The summed E-state index contributed by atoms with van der Waals surface area (Å²) in [6.07, 6.45) is 18.9. The van der Waals surface area contributed by atoms with Crippen LogP contribution in [0, 0.1) is 0 Å². The third-order valence-electron chi connectivity index (χ3n) is 5.57. The summed E-state index contributed by atoms with van der Waals surface area (Å²) >= 11 is 0. The van der Waals surface area contributed by atoms with Crippen molar-refractivity contribution in [3.8, 4) is 0 Å². The first-order valence-electron chi connectivity index (χ1n) is 12.7. The molecule has 1 aromatic heterocycles. The zero-order valence-electron chi connectivity index (χ0n) is 20.8. The Balaban J connectivity index is 1.96. The van der Waals surface area contributed by atoms with Crippen LogP contribution < -0.4 is 9.46 Å². The lowest BCUT2D eigenvalue weighted by Gasteiger charge is -2.24. The molecule has 1 rings (SSSR count). The molecule has 0 fully saturated rings. The van der Waals surface area contributed by atoms with Crippen LogP contribution in [-0.4, -0.2) is 39.6 Å². The first-order valence-corrected chi connectivity index (χ1v) is 14.2. The van der Waals surface area contributed by atoms with E-state index in [1.165, 1.54) is 71.3 Å². The summed E-state index contributed by atoms with van der Waals surface area (Å²) in [6.45, 7) is 3.53. The average Bonchev–Trinajstić information content (AvgIpc) is 2.81. The van der Waals surface area contributed by atoms with Crippen LogP contribution in [-0.2, 0) is 29.6 Å². The maximum absolute atomic E-state index is 11.9. The largest absolute Gasteiger partial charge is 0.756 e. The van der Waals surface area contributed by atoms with Crippen LogP contribution in [0.25, 0.3) is 0 Å². The van der Waals surface area contributed by atoms with Gasteiger partial charge >= 0.3 is 0 Å². The molecule has 0 aromatic carbocycles. The highest BCUT2D eigenvalue weighted by Gasteiger charge is 2.15. The molecule has 0 bridgehead atoms. The summed E-state index contributed by atoms with van der Waals surface area (Å²) in [5.41, 5.74) is 0. The molecule has 2 atom stereocenters. The van der Waals surface area contributed by atoms with E-state index in [2.05, 4.69) is 6.92 Å². The molecule has 0 aliphatic rings. The molecule has 1 heterocycles. The van der Waals surface area contributed by atoms with Crippen LogP contribution in [0.5, 0.6) is 0 Å². The summed E-state index contributed by atoms with van der Waals surface area (Å²) < 4.78 is 34.5. The molecule has 8 heteroatoms. The number of nitrogens with zero attached hydrogens (tertiary/aromatic N) is 1. The molecule has 0 aliphatic heterocycles. The number of unbranched alkanes of at least 4 members (excludes halogenated alkanes) is 11. The number of rotatable bonds is 23.